The molecule has 0 aliphatic rings. The van der Waals surface area contributed by atoms with Gasteiger partial charge in [-0.2, -0.15) is 0 Å². The molecule has 0 amide bonds. The Bertz CT molecular complexity index is 210. The van der Waals surface area contributed by atoms with Gasteiger partial charge < -0.3 is 5.11 Å². The lowest BCUT2D eigenvalue weighted by atomic mass is 10.7. The molecule has 1 aromatic heterocycles. The van der Waals surface area contributed by atoms with E-state index in [1.807, 2.05) is 0 Å². The minimum absolute atomic E-state index is 0.391. The number of nitrogens with zero attached hydrogens (tertiary/aromatic N) is 4. The zero-order chi connectivity index (χ0) is 6.69. The van der Waals surface area contributed by atoms with Crippen molar-refractivity contribution in [3.05, 3.63) is 12.2 Å². The second-order valence-electron chi connectivity index (χ2n) is 1.18. The highest BCUT2D eigenvalue weighted by Crippen LogP contribution is 1.78. The lowest BCUT2D eigenvalue weighted by Crippen LogP contribution is -2.05. The molecular weight excluding hydrogens is 124 g/mol. The number of hydrogen-bond acceptors (Lipinski definition) is 5. The molecule has 6 nitrogen and oxygen atoms in total. The molecule has 0 saturated carbocycles. The van der Waals surface area contributed by atoms with Gasteiger partial charge in [-0.1, -0.05) is 0 Å². The monoisotopic (exact) mass is 126 g/mol. The average Bonchev–Trinajstić information content (AvgIpc) is 1.90. The van der Waals surface area contributed by atoms with Crippen molar-refractivity contribution in [1.82, 2.24) is 20.4 Å². The predicted octanol–water partition coefficient (Wildman–Crippen LogP) is -1.04. The molecule has 9 heavy (non-hydrogen) atoms. The molecule has 1 rings (SSSR count). The average molecular weight is 126 g/mol. The van der Waals surface area contributed by atoms with Crippen LogP contribution in [0.25, 0.3) is 0 Å². The first kappa shape index (κ1) is 5.54. The van der Waals surface area contributed by atoms with Gasteiger partial charge in [-0.15, -0.1) is 20.4 Å². The molecule has 0 fully saturated rings. The van der Waals surface area contributed by atoms with Crippen LogP contribution in [0.2, 0.25) is 0 Å². The summed E-state index contributed by atoms with van der Waals surface area (Å²) in [6, 6.07) is 0. The number of aromatic carboxylic acids is 1. The predicted molar refractivity (Wildman–Crippen MR) is 24.6 cm³/mol. The summed E-state index contributed by atoms with van der Waals surface area (Å²) in [6.07, 6.45) is 1.06. The molecule has 6 heteroatoms. The van der Waals surface area contributed by atoms with E-state index < -0.39 is 11.8 Å². The van der Waals surface area contributed by atoms with E-state index in [2.05, 4.69) is 20.4 Å². The number of carboxylic acids is 1. The quantitative estimate of drug-likeness (QED) is 0.517. The Morgan fingerprint density at radius 3 is 2.33 bits per heavy atom. The van der Waals surface area contributed by atoms with Crippen LogP contribution >= 0.6 is 0 Å². The number of rotatable bonds is 1. The fourth-order valence-corrected chi connectivity index (χ4v) is 0.290. The minimum atomic E-state index is -1.23. The summed E-state index contributed by atoms with van der Waals surface area (Å²) in [5, 5.41) is 20.9. The molecule has 0 unspecified atom stereocenters. The highest BCUT2D eigenvalue weighted by atomic mass is 16.4. The van der Waals surface area contributed by atoms with Crippen molar-refractivity contribution in [3.63, 3.8) is 0 Å². The van der Waals surface area contributed by atoms with Crippen molar-refractivity contribution < 1.29 is 9.90 Å². The van der Waals surface area contributed by atoms with Crippen molar-refractivity contribution >= 4 is 5.97 Å². The van der Waals surface area contributed by atoms with E-state index in [1.54, 1.807) is 0 Å². The van der Waals surface area contributed by atoms with Crippen LogP contribution in [0.15, 0.2) is 6.33 Å². The summed E-state index contributed by atoms with van der Waals surface area (Å²) >= 11 is 0. The van der Waals surface area contributed by atoms with Crippen molar-refractivity contribution in [2.75, 3.05) is 0 Å². The Morgan fingerprint density at radius 2 is 2.00 bits per heavy atom. The molecule has 0 saturated heterocycles. The third-order valence-electron chi connectivity index (χ3n) is 0.599. The van der Waals surface area contributed by atoms with Crippen molar-refractivity contribution in [1.29, 1.82) is 0 Å². The van der Waals surface area contributed by atoms with Gasteiger partial charge in [0.25, 0.3) is 5.82 Å². The van der Waals surface area contributed by atoms with Crippen LogP contribution in [0, 0.1) is 0 Å². The van der Waals surface area contributed by atoms with E-state index in [-0.39, 0.29) is 0 Å². The number of carbonyl (C=O) groups is 1. The van der Waals surface area contributed by atoms with E-state index in [0.717, 1.165) is 6.33 Å². The highest BCUT2D eigenvalue weighted by Gasteiger charge is 2.04. The number of carboxylic acid groups (broad SMARTS) is 1. The number of hydrogen-bond donors (Lipinski definition) is 1. The largest absolute Gasteiger partial charge is 0.475 e. The molecule has 46 valence electrons. The Balaban J connectivity index is 2.98. The van der Waals surface area contributed by atoms with Gasteiger partial charge in [-0.3, -0.25) is 0 Å². The molecule has 0 aromatic carbocycles. The van der Waals surface area contributed by atoms with Crippen molar-refractivity contribution in [2.24, 2.45) is 0 Å². The van der Waals surface area contributed by atoms with Crippen LogP contribution < -0.4 is 0 Å². The first-order valence-corrected chi connectivity index (χ1v) is 2.04. The Labute approximate surface area is 49.6 Å². The van der Waals surface area contributed by atoms with Gasteiger partial charge in [0.15, 0.2) is 6.33 Å². The molecular formula is C3H2N4O2. The van der Waals surface area contributed by atoms with Gasteiger partial charge in [-0.25, -0.2) is 4.79 Å². The zero-order valence-corrected chi connectivity index (χ0v) is 4.22. The van der Waals surface area contributed by atoms with Crippen LogP contribution in [0.1, 0.15) is 10.6 Å². The van der Waals surface area contributed by atoms with Crippen molar-refractivity contribution in [3.8, 4) is 0 Å². The Morgan fingerprint density at radius 1 is 1.44 bits per heavy atom. The zero-order valence-electron chi connectivity index (χ0n) is 4.22. The Kier molecular flexibility index (Phi) is 1.31. The maximum atomic E-state index is 10.00. The van der Waals surface area contributed by atoms with Gasteiger partial charge in [0, 0.05) is 0 Å². The molecule has 1 aromatic rings. The second kappa shape index (κ2) is 2.12. The maximum absolute atomic E-state index is 10.00. The van der Waals surface area contributed by atoms with Crippen LogP contribution in [0.4, 0.5) is 0 Å². The molecule has 0 spiro atoms. The third kappa shape index (κ3) is 1.15. The van der Waals surface area contributed by atoms with Crippen LogP contribution in [0.5, 0.6) is 0 Å². The van der Waals surface area contributed by atoms with E-state index in [1.165, 1.54) is 0 Å². The standard InChI is InChI=1S/C3H2N4O2/c8-3(9)2-6-4-1-5-7-2/h1H,(H,8,9). The minimum Gasteiger partial charge on any atom is -0.475 e. The van der Waals surface area contributed by atoms with Crippen molar-refractivity contribution in [2.45, 2.75) is 0 Å². The summed E-state index contributed by atoms with van der Waals surface area (Å²) < 4.78 is 0. The van der Waals surface area contributed by atoms with Crippen LogP contribution in [-0.2, 0) is 0 Å². The molecule has 0 radical (unpaired) electrons. The van der Waals surface area contributed by atoms with Gasteiger partial charge in [-0.05, 0) is 0 Å². The van der Waals surface area contributed by atoms with Gasteiger partial charge >= 0.3 is 5.97 Å². The lowest BCUT2D eigenvalue weighted by Gasteiger charge is -1.83. The van der Waals surface area contributed by atoms with E-state index in [4.69, 9.17) is 5.11 Å². The summed E-state index contributed by atoms with van der Waals surface area (Å²) in [5.74, 6) is -1.62. The molecule has 1 heterocycles. The van der Waals surface area contributed by atoms with E-state index in [0.29, 0.717) is 0 Å². The van der Waals surface area contributed by atoms with E-state index >= 15 is 0 Å². The van der Waals surface area contributed by atoms with Gasteiger partial charge in [0.1, 0.15) is 0 Å². The maximum Gasteiger partial charge on any atom is 0.377 e. The van der Waals surface area contributed by atoms with Gasteiger partial charge in [0.05, 0.1) is 0 Å². The SMILES string of the molecule is O=C(O)c1nncnn1. The first-order chi connectivity index (χ1) is 4.30. The molecule has 0 aliphatic heterocycles. The van der Waals surface area contributed by atoms with Gasteiger partial charge in [0.2, 0.25) is 0 Å². The fraction of sp³-hybridized carbons (Fsp3) is 0. The molecule has 0 aliphatic carbocycles. The first-order valence-electron chi connectivity index (χ1n) is 2.04. The topological polar surface area (TPSA) is 88.9 Å². The summed E-state index contributed by atoms with van der Waals surface area (Å²) in [6.45, 7) is 0. The second-order valence-corrected chi connectivity index (χ2v) is 1.18. The van der Waals surface area contributed by atoms with Crippen LogP contribution in [-0.4, -0.2) is 31.5 Å². The summed E-state index contributed by atoms with van der Waals surface area (Å²) in [5.41, 5.74) is 0. The number of aromatic nitrogens is 4. The molecule has 0 bridgehead atoms. The summed E-state index contributed by atoms with van der Waals surface area (Å²) in [4.78, 5) is 10.00. The fourth-order valence-electron chi connectivity index (χ4n) is 0.290. The molecule has 1 N–H and O–H groups in total. The normalized spacial score (nSPS) is 8.89. The lowest BCUT2D eigenvalue weighted by molar-refractivity contribution is 0.0680. The molecule has 0 atom stereocenters. The third-order valence-corrected chi connectivity index (χ3v) is 0.599. The van der Waals surface area contributed by atoms with E-state index in [9.17, 15) is 4.79 Å². The summed E-state index contributed by atoms with van der Waals surface area (Å²) in [7, 11) is 0. The Hall–Kier alpha value is -1.59. The smallest absolute Gasteiger partial charge is 0.377 e. The van der Waals surface area contributed by atoms with Crippen LogP contribution in [0.3, 0.4) is 0 Å². The highest BCUT2D eigenvalue weighted by molar-refractivity contribution is 5.82.